The Balaban J connectivity index is 1.52. The number of anilines is 2. The zero-order valence-electron chi connectivity index (χ0n) is 18.8. The van der Waals surface area contributed by atoms with Gasteiger partial charge in [-0.3, -0.25) is 9.59 Å². The van der Waals surface area contributed by atoms with E-state index in [1.54, 1.807) is 13.0 Å². The molecule has 0 aliphatic heterocycles. The van der Waals surface area contributed by atoms with E-state index in [0.29, 0.717) is 17.0 Å². The van der Waals surface area contributed by atoms with Crippen LogP contribution in [0, 0.1) is 5.82 Å². The Morgan fingerprint density at radius 1 is 0.943 bits per heavy atom. The molecule has 0 aliphatic rings. The van der Waals surface area contributed by atoms with Gasteiger partial charge in [0.25, 0.3) is 0 Å². The number of hydrogen-bond donors (Lipinski definition) is 2. The second kappa shape index (κ2) is 10.6. The zero-order chi connectivity index (χ0) is 24.8. The smallest absolute Gasteiger partial charge is 0.343 e. The van der Waals surface area contributed by atoms with Crippen LogP contribution in [0.25, 0.3) is 16.7 Å². The van der Waals surface area contributed by atoms with E-state index in [-0.39, 0.29) is 30.8 Å². The number of rotatable bonds is 8. The number of carbonyl (C=O) groups is 3. The Bertz CT molecular complexity index is 1380. The van der Waals surface area contributed by atoms with E-state index < -0.39 is 23.6 Å². The number of amides is 2. The van der Waals surface area contributed by atoms with Gasteiger partial charge < -0.3 is 15.4 Å². The Morgan fingerprint density at radius 3 is 2.40 bits per heavy atom. The first kappa shape index (κ1) is 23.6. The molecule has 9 nitrogen and oxygen atoms in total. The second-order valence-electron chi connectivity index (χ2n) is 7.50. The average Bonchev–Trinajstić information content (AvgIpc) is 3.27. The summed E-state index contributed by atoms with van der Waals surface area (Å²) in [4.78, 5) is 41.9. The minimum atomic E-state index is -0.649. The number of halogens is 1. The highest BCUT2D eigenvalue weighted by molar-refractivity contribution is 6.02. The predicted octanol–water partition coefficient (Wildman–Crippen LogP) is 4.09. The lowest BCUT2D eigenvalue weighted by Crippen LogP contribution is -2.20. The van der Waals surface area contributed by atoms with Gasteiger partial charge in [0.2, 0.25) is 11.8 Å². The molecule has 0 atom stereocenters. The van der Waals surface area contributed by atoms with Crippen molar-refractivity contribution in [1.29, 1.82) is 0 Å². The van der Waals surface area contributed by atoms with E-state index >= 15 is 0 Å². The van der Waals surface area contributed by atoms with Crippen LogP contribution in [0.1, 0.15) is 30.1 Å². The molecule has 0 bridgehead atoms. The summed E-state index contributed by atoms with van der Waals surface area (Å²) in [6, 6.07) is 16.4. The molecule has 0 saturated heterocycles. The average molecular weight is 475 g/mol. The Morgan fingerprint density at radius 2 is 1.66 bits per heavy atom. The number of ether oxygens (including phenoxy) is 1. The highest BCUT2D eigenvalue weighted by Crippen LogP contribution is 2.23. The highest BCUT2D eigenvalue weighted by Gasteiger charge is 2.22. The number of aromatic nitrogens is 3. The van der Waals surface area contributed by atoms with E-state index in [0.717, 1.165) is 5.39 Å². The number of fused-ring (bicyclic) bond motifs is 1. The van der Waals surface area contributed by atoms with Gasteiger partial charge >= 0.3 is 5.97 Å². The largest absolute Gasteiger partial charge is 0.462 e. The normalized spacial score (nSPS) is 10.7. The van der Waals surface area contributed by atoms with E-state index in [9.17, 15) is 18.8 Å². The summed E-state index contributed by atoms with van der Waals surface area (Å²) in [5.41, 5.74) is 1.20. The number of hydrogen-bond acceptors (Lipinski definition) is 6. The van der Waals surface area contributed by atoms with Crippen molar-refractivity contribution in [2.45, 2.75) is 19.8 Å². The molecular formula is C25H22FN5O4. The first-order valence-electron chi connectivity index (χ1n) is 10.9. The van der Waals surface area contributed by atoms with Gasteiger partial charge in [-0.05, 0) is 49.4 Å². The fraction of sp³-hybridized carbons (Fsp3) is 0.160. The molecule has 10 heteroatoms. The number of nitrogens with zero attached hydrogens (tertiary/aromatic N) is 3. The highest BCUT2D eigenvalue weighted by atomic mass is 19.1. The van der Waals surface area contributed by atoms with Crippen LogP contribution in [0.4, 0.5) is 15.9 Å². The Labute approximate surface area is 199 Å². The molecule has 2 heterocycles. The lowest BCUT2D eigenvalue weighted by molar-refractivity contribution is -0.121. The number of para-hydroxylation sites is 1. The molecule has 4 rings (SSSR count). The molecule has 2 amide bonds. The van der Waals surface area contributed by atoms with Crippen LogP contribution in [0.5, 0.6) is 0 Å². The van der Waals surface area contributed by atoms with Gasteiger partial charge in [0.1, 0.15) is 11.4 Å². The van der Waals surface area contributed by atoms with Crippen LogP contribution in [0.3, 0.4) is 0 Å². The molecule has 2 aromatic carbocycles. The molecule has 0 saturated carbocycles. The molecule has 0 aliphatic carbocycles. The van der Waals surface area contributed by atoms with Crippen molar-refractivity contribution in [2.24, 2.45) is 0 Å². The lowest BCUT2D eigenvalue weighted by Gasteiger charge is -2.11. The molecule has 4 aromatic rings. The lowest BCUT2D eigenvalue weighted by atomic mass is 10.2. The van der Waals surface area contributed by atoms with Crippen LogP contribution >= 0.6 is 0 Å². The first-order chi connectivity index (χ1) is 16.9. The standard InChI is InChI=1S/C25H22FN5O4/c1-2-35-25(34)19-15-27-31(21-12-7-16-5-3-4-6-20(16)29-21)24(19)30-23(33)14-13-22(32)28-18-10-8-17(26)9-11-18/h3-12,15H,2,13-14H2,1H3,(H,28,32)(H,30,33). The summed E-state index contributed by atoms with van der Waals surface area (Å²) in [7, 11) is 0. The third-order valence-corrected chi connectivity index (χ3v) is 5.03. The minimum Gasteiger partial charge on any atom is -0.462 e. The Hall–Kier alpha value is -4.60. The molecule has 0 unspecified atom stereocenters. The van der Waals surface area contributed by atoms with Crippen molar-refractivity contribution in [3.8, 4) is 5.82 Å². The molecule has 2 aromatic heterocycles. The van der Waals surface area contributed by atoms with E-state index in [1.807, 2.05) is 30.3 Å². The van der Waals surface area contributed by atoms with Gasteiger partial charge in [-0.15, -0.1) is 0 Å². The van der Waals surface area contributed by atoms with Gasteiger partial charge in [0.15, 0.2) is 11.6 Å². The summed E-state index contributed by atoms with van der Waals surface area (Å²) in [6.07, 6.45) is 1.01. The van der Waals surface area contributed by atoms with Crippen LogP contribution in [-0.2, 0) is 14.3 Å². The summed E-state index contributed by atoms with van der Waals surface area (Å²) in [5, 5.41) is 10.4. The van der Waals surface area contributed by atoms with E-state index in [2.05, 4.69) is 20.7 Å². The fourth-order valence-corrected chi connectivity index (χ4v) is 3.35. The molecule has 178 valence electrons. The maximum absolute atomic E-state index is 13.0. The predicted molar refractivity (Wildman–Crippen MR) is 128 cm³/mol. The van der Waals surface area contributed by atoms with Crippen molar-refractivity contribution in [3.05, 3.63) is 78.2 Å². The summed E-state index contributed by atoms with van der Waals surface area (Å²) in [5.74, 6) is -1.51. The van der Waals surface area contributed by atoms with E-state index in [4.69, 9.17) is 4.74 Å². The topological polar surface area (TPSA) is 115 Å². The van der Waals surface area contributed by atoms with Crippen molar-refractivity contribution < 1.29 is 23.5 Å². The molecule has 0 fully saturated rings. The van der Waals surface area contributed by atoms with Crippen LogP contribution < -0.4 is 10.6 Å². The maximum Gasteiger partial charge on any atom is 0.343 e. The molecular weight excluding hydrogens is 453 g/mol. The molecule has 0 radical (unpaired) electrons. The summed E-state index contributed by atoms with van der Waals surface area (Å²) in [6.45, 7) is 1.82. The number of carbonyl (C=O) groups excluding carboxylic acids is 3. The van der Waals surface area contributed by atoms with Gasteiger partial charge in [0, 0.05) is 23.9 Å². The Kier molecular flexibility index (Phi) is 7.10. The number of pyridine rings is 1. The van der Waals surface area contributed by atoms with Crippen molar-refractivity contribution in [1.82, 2.24) is 14.8 Å². The van der Waals surface area contributed by atoms with E-state index in [1.165, 1.54) is 35.1 Å². The number of esters is 1. The maximum atomic E-state index is 13.0. The van der Waals surface area contributed by atoms with Crippen LogP contribution in [0.15, 0.2) is 66.9 Å². The third-order valence-electron chi connectivity index (χ3n) is 5.03. The SMILES string of the molecule is CCOC(=O)c1cnn(-c2ccc3ccccc3n2)c1NC(=O)CCC(=O)Nc1ccc(F)cc1. The quantitative estimate of drug-likeness (QED) is 0.371. The first-order valence-corrected chi connectivity index (χ1v) is 10.9. The zero-order valence-corrected chi connectivity index (χ0v) is 18.8. The third kappa shape index (κ3) is 5.67. The number of nitrogens with one attached hydrogen (secondary N) is 2. The summed E-state index contributed by atoms with van der Waals surface area (Å²) >= 11 is 0. The molecule has 35 heavy (non-hydrogen) atoms. The second-order valence-corrected chi connectivity index (χ2v) is 7.50. The monoisotopic (exact) mass is 475 g/mol. The minimum absolute atomic E-state index is 0.0610. The van der Waals surface area contributed by atoms with Crippen LogP contribution in [-0.4, -0.2) is 39.2 Å². The van der Waals surface area contributed by atoms with Gasteiger partial charge in [0.05, 0.1) is 18.3 Å². The molecule has 2 N–H and O–H groups in total. The molecule has 0 spiro atoms. The van der Waals surface area contributed by atoms with Crippen molar-refractivity contribution >= 4 is 40.2 Å². The summed E-state index contributed by atoms with van der Waals surface area (Å²) < 4.78 is 19.4. The van der Waals surface area contributed by atoms with Crippen molar-refractivity contribution in [2.75, 3.05) is 17.2 Å². The van der Waals surface area contributed by atoms with Gasteiger partial charge in [-0.25, -0.2) is 14.2 Å². The van der Waals surface area contributed by atoms with Crippen molar-refractivity contribution in [3.63, 3.8) is 0 Å². The van der Waals surface area contributed by atoms with Gasteiger partial charge in [-0.2, -0.15) is 9.78 Å². The number of benzene rings is 2. The van der Waals surface area contributed by atoms with Gasteiger partial charge in [-0.1, -0.05) is 18.2 Å². The van der Waals surface area contributed by atoms with Crippen LogP contribution in [0.2, 0.25) is 0 Å². The fourth-order valence-electron chi connectivity index (χ4n) is 3.35.